The molecule has 0 fully saturated rings. The van der Waals surface area contributed by atoms with Gasteiger partial charge >= 0.3 is 0 Å². The number of rotatable bonds is 16. The van der Waals surface area contributed by atoms with Crippen LogP contribution in [-0.2, 0) is 6.42 Å². The number of unbranched alkanes of at least 4 members (excludes halogenated alkanes) is 3. The average molecular weight is 399 g/mol. The lowest BCUT2D eigenvalue weighted by Gasteiger charge is -2.37. The van der Waals surface area contributed by atoms with E-state index in [1.54, 1.807) is 0 Å². The highest BCUT2D eigenvalue weighted by atomic mass is 14.2. The third kappa shape index (κ3) is 9.31. The molecule has 0 N–H and O–H groups in total. The zero-order valence-corrected chi connectivity index (χ0v) is 20.9. The molecule has 0 bridgehead atoms. The number of hydrogen-bond donors (Lipinski definition) is 0. The van der Waals surface area contributed by atoms with E-state index >= 15 is 0 Å². The van der Waals surface area contributed by atoms with Crippen LogP contribution in [0.4, 0.5) is 0 Å². The lowest BCUT2D eigenvalue weighted by Crippen LogP contribution is -2.34. The first-order chi connectivity index (χ1) is 14.0. The molecule has 0 spiro atoms. The van der Waals surface area contributed by atoms with Crippen LogP contribution >= 0.6 is 0 Å². The van der Waals surface area contributed by atoms with Crippen LogP contribution in [0.5, 0.6) is 0 Å². The van der Waals surface area contributed by atoms with Crippen molar-refractivity contribution in [1.29, 1.82) is 0 Å². The third-order valence-electron chi connectivity index (χ3n) is 7.90. The summed E-state index contributed by atoms with van der Waals surface area (Å²) in [5.41, 5.74) is 1.52. The lowest BCUT2D eigenvalue weighted by molar-refractivity contribution is 0.373. The Bertz CT molecular complexity index is 496. The summed E-state index contributed by atoms with van der Waals surface area (Å²) in [4.78, 5) is 0. The summed E-state index contributed by atoms with van der Waals surface area (Å²) in [7, 11) is 0. The first kappa shape index (κ1) is 26.3. The smallest absolute Gasteiger partial charge is 0.0737 e. The molecule has 166 valence electrons. The van der Waals surface area contributed by atoms with Crippen molar-refractivity contribution in [3.05, 3.63) is 35.9 Å². The van der Waals surface area contributed by atoms with Crippen molar-refractivity contribution in [3.63, 3.8) is 0 Å². The molecular weight excluding hydrogens is 347 g/mol. The summed E-state index contributed by atoms with van der Waals surface area (Å²) in [5.74, 6) is 4.21. The molecule has 0 aliphatic carbocycles. The summed E-state index contributed by atoms with van der Waals surface area (Å²) in [5, 5.41) is 0. The number of hydrogen-bond acceptors (Lipinski definition) is 0. The monoisotopic (exact) mass is 398 g/mol. The van der Waals surface area contributed by atoms with Gasteiger partial charge in [0.15, 0.2) is 0 Å². The van der Waals surface area contributed by atoms with Gasteiger partial charge in [0.05, 0.1) is 0 Å². The molecule has 5 atom stereocenters. The van der Waals surface area contributed by atoms with Gasteiger partial charge in [0.2, 0.25) is 0 Å². The Morgan fingerprint density at radius 2 is 1.48 bits per heavy atom. The fourth-order valence-electron chi connectivity index (χ4n) is 5.75. The van der Waals surface area contributed by atoms with Crippen molar-refractivity contribution >= 4 is 6.71 Å². The summed E-state index contributed by atoms with van der Waals surface area (Å²) in [6, 6.07) is 11.2. The van der Waals surface area contributed by atoms with E-state index in [2.05, 4.69) is 78.8 Å². The maximum absolute atomic E-state index is 2.60. The molecule has 1 aromatic carbocycles. The van der Waals surface area contributed by atoms with Crippen LogP contribution in [0.2, 0.25) is 18.0 Å². The standard InChI is InChI=1S/C28H51B/c1-8-12-13-17-20-29(28(11-4)24(6)21-23(5)9-2)25(7)27(10-3)22-26-18-15-14-16-19-26/h14-16,18-19,23-25,27-28H,8-13,17,20-22H2,1-7H3/t23?,24?,25?,27-,28?/m0/s1. The van der Waals surface area contributed by atoms with Crippen LogP contribution in [0, 0.1) is 17.8 Å². The normalized spacial score (nSPS) is 16.8. The third-order valence-corrected chi connectivity index (χ3v) is 7.90. The first-order valence-electron chi connectivity index (χ1n) is 13.0. The second-order valence-corrected chi connectivity index (χ2v) is 10.0. The van der Waals surface area contributed by atoms with Gasteiger partial charge in [-0.05, 0) is 36.2 Å². The molecular formula is C28H51B. The summed E-state index contributed by atoms with van der Waals surface area (Å²) < 4.78 is 0. The fourth-order valence-corrected chi connectivity index (χ4v) is 5.75. The zero-order valence-electron chi connectivity index (χ0n) is 20.9. The van der Waals surface area contributed by atoms with Gasteiger partial charge in [0, 0.05) is 0 Å². The van der Waals surface area contributed by atoms with E-state index in [1.165, 1.54) is 69.7 Å². The van der Waals surface area contributed by atoms with Crippen LogP contribution in [0.1, 0.15) is 105 Å². The molecule has 0 aliphatic heterocycles. The SMILES string of the molecule is CCCCCCB(C(CC)C(C)CC(C)CC)C(C)[C@@H](CC)Cc1ccccc1. The van der Waals surface area contributed by atoms with E-state index in [9.17, 15) is 0 Å². The van der Waals surface area contributed by atoms with Gasteiger partial charge < -0.3 is 0 Å². The van der Waals surface area contributed by atoms with E-state index < -0.39 is 0 Å². The van der Waals surface area contributed by atoms with Crippen molar-refractivity contribution in [2.45, 2.75) is 124 Å². The Balaban J connectivity index is 2.96. The Hall–Kier alpha value is -0.715. The summed E-state index contributed by atoms with van der Waals surface area (Å²) >= 11 is 0. The van der Waals surface area contributed by atoms with Crippen molar-refractivity contribution in [1.82, 2.24) is 0 Å². The van der Waals surface area contributed by atoms with Crippen LogP contribution in [-0.4, -0.2) is 6.71 Å². The van der Waals surface area contributed by atoms with E-state index in [4.69, 9.17) is 0 Å². The highest BCUT2D eigenvalue weighted by molar-refractivity contribution is 6.62. The summed E-state index contributed by atoms with van der Waals surface area (Å²) in [6.07, 6.45) is 13.7. The van der Waals surface area contributed by atoms with Gasteiger partial charge in [-0.1, -0.05) is 142 Å². The highest BCUT2D eigenvalue weighted by Gasteiger charge is 2.35. The minimum Gasteiger partial charge on any atom is -0.0737 e. The van der Waals surface area contributed by atoms with E-state index in [0.29, 0.717) is 0 Å². The van der Waals surface area contributed by atoms with Crippen LogP contribution in [0.25, 0.3) is 0 Å². The molecule has 1 heteroatoms. The molecule has 4 unspecified atom stereocenters. The molecule has 1 aromatic rings. The van der Waals surface area contributed by atoms with Crippen LogP contribution < -0.4 is 0 Å². The zero-order chi connectivity index (χ0) is 21.6. The molecule has 0 nitrogen and oxygen atoms in total. The minimum atomic E-state index is 0.804. The second kappa shape index (κ2) is 15.1. The van der Waals surface area contributed by atoms with Gasteiger partial charge in [-0.25, -0.2) is 0 Å². The Morgan fingerprint density at radius 3 is 2.03 bits per heavy atom. The molecule has 0 heterocycles. The molecule has 0 saturated heterocycles. The Kier molecular flexibility index (Phi) is 13.7. The first-order valence-corrected chi connectivity index (χ1v) is 13.0. The van der Waals surface area contributed by atoms with Crippen molar-refractivity contribution in [2.24, 2.45) is 17.8 Å². The van der Waals surface area contributed by atoms with E-state index in [1.807, 2.05) is 0 Å². The minimum absolute atomic E-state index is 0.804. The van der Waals surface area contributed by atoms with Gasteiger partial charge in [0.1, 0.15) is 6.71 Å². The predicted molar refractivity (Wildman–Crippen MR) is 135 cm³/mol. The maximum atomic E-state index is 2.60. The fraction of sp³-hybridized carbons (Fsp3) is 0.786. The molecule has 0 aromatic heterocycles. The van der Waals surface area contributed by atoms with Crippen molar-refractivity contribution in [2.75, 3.05) is 0 Å². The maximum Gasteiger partial charge on any atom is 0.146 e. The predicted octanol–water partition coefficient (Wildman–Crippen LogP) is 9.57. The Labute approximate surface area is 184 Å². The second-order valence-electron chi connectivity index (χ2n) is 10.0. The van der Waals surface area contributed by atoms with Crippen LogP contribution in [0.15, 0.2) is 30.3 Å². The topological polar surface area (TPSA) is 0 Å². The molecule has 0 saturated carbocycles. The van der Waals surface area contributed by atoms with Crippen molar-refractivity contribution in [3.8, 4) is 0 Å². The lowest BCUT2D eigenvalue weighted by atomic mass is 9.28. The molecule has 0 amide bonds. The molecule has 29 heavy (non-hydrogen) atoms. The van der Waals surface area contributed by atoms with E-state index in [0.717, 1.165) is 36.1 Å². The molecule has 0 radical (unpaired) electrons. The van der Waals surface area contributed by atoms with E-state index in [-0.39, 0.29) is 0 Å². The van der Waals surface area contributed by atoms with Gasteiger partial charge in [-0.15, -0.1) is 0 Å². The molecule has 0 aliphatic rings. The molecule has 1 rings (SSSR count). The van der Waals surface area contributed by atoms with Gasteiger partial charge in [-0.2, -0.15) is 0 Å². The van der Waals surface area contributed by atoms with Gasteiger partial charge in [-0.3, -0.25) is 0 Å². The Morgan fingerprint density at radius 1 is 0.793 bits per heavy atom. The van der Waals surface area contributed by atoms with Crippen LogP contribution in [0.3, 0.4) is 0 Å². The number of benzene rings is 1. The van der Waals surface area contributed by atoms with Crippen molar-refractivity contribution < 1.29 is 0 Å². The summed E-state index contributed by atoms with van der Waals surface area (Å²) in [6.45, 7) is 18.1. The average Bonchev–Trinajstić information content (AvgIpc) is 2.74. The van der Waals surface area contributed by atoms with Gasteiger partial charge in [0.25, 0.3) is 0 Å². The largest absolute Gasteiger partial charge is 0.146 e. The quantitative estimate of drug-likeness (QED) is 0.192. The highest BCUT2D eigenvalue weighted by Crippen LogP contribution is 2.42.